The summed E-state index contributed by atoms with van der Waals surface area (Å²) < 4.78 is 5.26. The molecular weight excluding hydrogens is 200 g/mol. The van der Waals surface area contributed by atoms with Gasteiger partial charge in [0, 0.05) is 0 Å². The minimum atomic E-state index is -0.567. The molecule has 2 aliphatic carbocycles. The van der Waals surface area contributed by atoms with Crippen LogP contribution < -0.4 is 4.74 Å². The molecule has 1 unspecified atom stereocenters. The first-order valence-corrected chi connectivity index (χ1v) is 6.14. The number of benzene rings is 1. The van der Waals surface area contributed by atoms with Crippen LogP contribution in [0.25, 0.3) is 0 Å². The van der Waals surface area contributed by atoms with E-state index in [1.54, 1.807) is 7.11 Å². The Kier molecular flexibility index (Phi) is 2.21. The van der Waals surface area contributed by atoms with Crippen molar-refractivity contribution in [2.24, 2.45) is 5.92 Å². The van der Waals surface area contributed by atoms with Gasteiger partial charge in [0.15, 0.2) is 0 Å². The number of methoxy groups -OCH3 is 1. The van der Waals surface area contributed by atoms with E-state index in [1.807, 2.05) is 12.1 Å². The molecule has 0 amide bonds. The van der Waals surface area contributed by atoms with Crippen molar-refractivity contribution >= 4 is 0 Å². The Bertz CT molecular complexity index is 409. The lowest BCUT2D eigenvalue weighted by Crippen LogP contribution is -2.32. The van der Waals surface area contributed by atoms with Gasteiger partial charge in [-0.3, -0.25) is 0 Å². The zero-order chi connectivity index (χ0) is 11.2. The van der Waals surface area contributed by atoms with Crippen LogP contribution in [0.3, 0.4) is 0 Å². The molecule has 2 nitrogen and oxygen atoms in total. The van der Waals surface area contributed by atoms with E-state index in [-0.39, 0.29) is 0 Å². The Labute approximate surface area is 96.2 Å². The monoisotopic (exact) mass is 218 g/mol. The van der Waals surface area contributed by atoms with Crippen LogP contribution in [0.15, 0.2) is 18.2 Å². The lowest BCUT2D eigenvalue weighted by molar-refractivity contribution is -0.00421. The minimum absolute atomic E-state index is 0.485. The molecule has 0 aliphatic heterocycles. The van der Waals surface area contributed by atoms with E-state index in [0.717, 1.165) is 30.6 Å². The van der Waals surface area contributed by atoms with E-state index >= 15 is 0 Å². The Balaban J connectivity index is 2.08. The quantitative estimate of drug-likeness (QED) is 0.827. The Hall–Kier alpha value is -1.02. The molecule has 0 radical (unpaired) electrons. The van der Waals surface area contributed by atoms with Crippen molar-refractivity contribution in [1.82, 2.24) is 0 Å². The maximum atomic E-state index is 10.8. The van der Waals surface area contributed by atoms with Gasteiger partial charge in [0.1, 0.15) is 5.75 Å². The number of aryl methyl sites for hydroxylation is 1. The first kappa shape index (κ1) is 10.2. The summed E-state index contributed by atoms with van der Waals surface area (Å²) >= 11 is 0. The average molecular weight is 218 g/mol. The fourth-order valence-corrected chi connectivity index (χ4v) is 2.97. The zero-order valence-corrected chi connectivity index (χ0v) is 9.70. The summed E-state index contributed by atoms with van der Waals surface area (Å²) in [5.41, 5.74) is 1.87. The van der Waals surface area contributed by atoms with Gasteiger partial charge in [-0.05, 0) is 61.3 Å². The highest BCUT2D eigenvalue weighted by atomic mass is 16.5. The molecule has 2 heteroatoms. The number of fused-ring (bicyclic) bond motifs is 1. The third-order valence-corrected chi connectivity index (χ3v) is 4.04. The second kappa shape index (κ2) is 3.49. The molecule has 16 heavy (non-hydrogen) atoms. The van der Waals surface area contributed by atoms with Crippen molar-refractivity contribution in [3.05, 3.63) is 29.3 Å². The smallest absolute Gasteiger partial charge is 0.119 e. The van der Waals surface area contributed by atoms with Gasteiger partial charge in [-0.25, -0.2) is 0 Å². The maximum Gasteiger partial charge on any atom is 0.119 e. The van der Waals surface area contributed by atoms with Crippen LogP contribution in [0.5, 0.6) is 5.75 Å². The summed E-state index contributed by atoms with van der Waals surface area (Å²) in [6, 6.07) is 6.14. The molecule has 1 fully saturated rings. The van der Waals surface area contributed by atoms with Crippen molar-refractivity contribution in [2.75, 3.05) is 7.11 Å². The molecule has 1 saturated carbocycles. The van der Waals surface area contributed by atoms with E-state index in [2.05, 4.69) is 6.07 Å². The summed E-state index contributed by atoms with van der Waals surface area (Å²) in [5.74, 6) is 1.35. The molecular formula is C14H18O2. The fourth-order valence-electron chi connectivity index (χ4n) is 2.97. The first-order chi connectivity index (χ1) is 7.74. The molecule has 0 aromatic heterocycles. The third-order valence-electron chi connectivity index (χ3n) is 4.04. The molecule has 1 aromatic carbocycles. The van der Waals surface area contributed by atoms with Crippen LogP contribution in [0.1, 0.15) is 36.8 Å². The molecule has 0 spiro atoms. The van der Waals surface area contributed by atoms with Gasteiger partial charge in [-0.2, -0.15) is 0 Å². The van der Waals surface area contributed by atoms with E-state index in [4.69, 9.17) is 4.74 Å². The highest BCUT2D eigenvalue weighted by Crippen LogP contribution is 2.51. The van der Waals surface area contributed by atoms with Crippen molar-refractivity contribution in [3.63, 3.8) is 0 Å². The van der Waals surface area contributed by atoms with E-state index in [9.17, 15) is 5.11 Å². The standard InChI is InChI=1S/C14H18O2/c1-16-12-7-4-10-3-2-8-14(15,11-5-6-11)13(10)9-12/h4,7,9,11,15H,2-3,5-6,8H2,1H3. The van der Waals surface area contributed by atoms with E-state index in [0.29, 0.717) is 5.92 Å². The SMILES string of the molecule is COc1ccc2c(c1)C(O)(C1CC1)CCC2. The zero-order valence-electron chi connectivity index (χ0n) is 9.70. The third kappa shape index (κ3) is 1.44. The summed E-state index contributed by atoms with van der Waals surface area (Å²) in [5, 5.41) is 10.8. The summed E-state index contributed by atoms with van der Waals surface area (Å²) in [4.78, 5) is 0. The lowest BCUT2D eigenvalue weighted by atomic mass is 9.76. The topological polar surface area (TPSA) is 29.5 Å². The minimum Gasteiger partial charge on any atom is -0.497 e. The normalized spacial score (nSPS) is 28.6. The molecule has 3 rings (SSSR count). The van der Waals surface area contributed by atoms with Crippen molar-refractivity contribution < 1.29 is 9.84 Å². The molecule has 0 saturated heterocycles. The second-order valence-electron chi connectivity index (χ2n) is 5.08. The van der Waals surface area contributed by atoms with Crippen molar-refractivity contribution in [1.29, 1.82) is 0 Å². The van der Waals surface area contributed by atoms with Gasteiger partial charge >= 0.3 is 0 Å². The van der Waals surface area contributed by atoms with Crippen molar-refractivity contribution in [3.8, 4) is 5.75 Å². The predicted molar refractivity (Wildman–Crippen MR) is 62.6 cm³/mol. The molecule has 86 valence electrons. The molecule has 0 heterocycles. The van der Waals surface area contributed by atoms with E-state index < -0.39 is 5.60 Å². The van der Waals surface area contributed by atoms with Crippen LogP contribution >= 0.6 is 0 Å². The molecule has 1 aromatic rings. The van der Waals surface area contributed by atoms with E-state index in [1.165, 1.54) is 18.4 Å². The van der Waals surface area contributed by atoms with Crippen molar-refractivity contribution in [2.45, 2.75) is 37.7 Å². The Morgan fingerprint density at radius 1 is 1.38 bits per heavy atom. The summed E-state index contributed by atoms with van der Waals surface area (Å²) in [6.07, 6.45) is 5.46. The molecule has 2 aliphatic rings. The Morgan fingerprint density at radius 3 is 2.88 bits per heavy atom. The highest BCUT2D eigenvalue weighted by Gasteiger charge is 2.47. The summed E-state index contributed by atoms with van der Waals surface area (Å²) in [6.45, 7) is 0. The van der Waals surface area contributed by atoms with Gasteiger partial charge in [0.25, 0.3) is 0 Å². The first-order valence-electron chi connectivity index (χ1n) is 6.14. The van der Waals surface area contributed by atoms with Crippen LogP contribution in [-0.2, 0) is 12.0 Å². The van der Waals surface area contributed by atoms with Gasteiger partial charge in [-0.15, -0.1) is 0 Å². The number of hydrogen-bond donors (Lipinski definition) is 1. The Morgan fingerprint density at radius 2 is 2.19 bits per heavy atom. The van der Waals surface area contributed by atoms with Gasteiger partial charge in [-0.1, -0.05) is 6.07 Å². The predicted octanol–water partition coefficient (Wildman–Crippen LogP) is 2.63. The second-order valence-corrected chi connectivity index (χ2v) is 5.08. The number of hydrogen-bond acceptors (Lipinski definition) is 2. The molecule has 1 atom stereocenters. The maximum absolute atomic E-state index is 10.8. The van der Waals surface area contributed by atoms with Gasteiger partial charge < -0.3 is 9.84 Å². The largest absolute Gasteiger partial charge is 0.497 e. The van der Waals surface area contributed by atoms with Crippen LogP contribution in [0.4, 0.5) is 0 Å². The van der Waals surface area contributed by atoms with Gasteiger partial charge in [0.2, 0.25) is 0 Å². The number of ether oxygens (including phenoxy) is 1. The van der Waals surface area contributed by atoms with Crippen LogP contribution in [-0.4, -0.2) is 12.2 Å². The van der Waals surface area contributed by atoms with Crippen LogP contribution in [0.2, 0.25) is 0 Å². The fraction of sp³-hybridized carbons (Fsp3) is 0.571. The molecule has 1 N–H and O–H groups in total. The lowest BCUT2D eigenvalue weighted by Gasteiger charge is -2.35. The summed E-state index contributed by atoms with van der Waals surface area (Å²) in [7, 11) is 1.68. The average Bonchev–Trinajstić information content (AvgIpc) is 3.13. The number of rotatable bonds is 2. The van der Waals surface area contributed by atoms with Gasteiger partial charge in [0.05, 0.1) is 12.7 Å². The molecule has 0 bridgehead atoms. The highest BCUT2D eigenvalue weighted by molar-refractivity contribution is 5.42. The van der Waals surface area contributed by atoms with Crippen LogP contribution in [0, 0.1) is 5.92 Å². The number of aliphatic hydroxyl groups is 1.